The zero-order valence-corrected chi connectivity index (χ0v) is 16.9. The number of likely N-dealkylation sites (tertiary alicyclic amines) is 1. The van der Waals surface area contributed by atoms with E-state index in [1.807, 2.05) is 6.07 Å². The van der Waals surface area contributed by atoms with Gasteiger partial charge in [0.1, 0.15) is 0 Å². The number of ether oxygens (including phenoxy) is 1. The van der Waals surface area contributed by atoms with Crippen molar-refractivity contribution >= 4 is 11.9 Å². The van der Waals surface area contributed by atoms with E-state index in [1.54, 1.807) is 36.9 Å². The van der Waals surface area contributed by atoms with Gasteiger partial charge in [0.25, 0.3) is 5.91 Å². The number of aromatic nitrogens is 2. The fraction of sp³-hybridized carbons (Fsp3) is 0.409. The van der Waals surface area contributed by atoms with Crippen molar-refractivity contribution < 1.29 is 24.5 Å². The van der Waals surface area contributed by atoms with E-state index in [0.29, 0.717) is 36.2 Å². The normalized spacial score (nSPS) is 22.6. The van der Waals surface area contributed by atoms with E-state index in [1.165, 1.54) is 4.90 Å². The largest absolute Gasteiger partial charge is 0.461 e. The Morgan fingerprint density at radius 3 is 2.93 bits per heavy atom. The van der Waals surface area contributed by atoms with Crippen LogP contribution in [0.2, 0.25) is 0 Å². The van der Waals surface area contributed by atoms with Gasteiger partial charge in [-0.3, -0.25) is 4.79 Å². The maximum atomic E-state index is 12.3. The highest BCUT2D eigenvalue weighted by molar-refractivity contribution is 5.91. The molecule has 1 aromatic carbocycles. The van der Waals surface area contributed by atoms with Crippen LogP contribution in [0.5, 0.6) is 0 Å². The molecule has 2 atom stereocenters. The van der Waals surface area contributed by atoms with Gasteiger partial charge in [-0.15, -0.1) is 0 Å². The van der Waals surface area contributed by atoms with E-state index in [2.05, 4.69) is 16.9 Å². The Balaban J connectivity index is 1.70. The van der Waals surface area contributed by atoms with Crippen molar-refractivity contribution in [1.29, 1.82) is 0 Å². The van der Waals surface area contributed by atoms with Crippen molar-refractivity contribution in [2.24, 2.45) is 0 Å². The Labute approximate surface area is 174 Å². The number of aliphatic hydroxyl groups is 2. The zero-order chi connectivity index (χ0) is 21.5. The fourth-order valence-corrected chi connectivity index (χ4v) is 3.90. The van der Waals surface area contributed by atoms with Crippen molar-refractivity contribution in [3.8, 4) is 17.5 Å². The average molecular weight is 409 g/mol. The van der Waals surface area contributed by atoms with Gasteiger partial charge in [0.05, 0.1) is 24.1 Å². The lowest BCUT2D eigenvalue weighted by molar-refractivity contribution is -0.137. The first-order valence-electron chi connectivity index (χ1n) is 9.92. The number of carbonyl (C=O) groups excluding carboxylic acids is 2. The van der Waals surface area contributed by atoms with E-state index in [9.17, 15) is 19.8 Å². The lowest BCUT2D eigenvalue weighted by atomic mass is 10.0. The second-order valence-corrected chi connectivity index (χ2v) is 7.53. The highest BCUT2D eigenvalue weighted by atomic mass is 16.5. The molecule has 1 unspecified atom stereocenters. The highest BCUT2D eigenvalue weighted by Crippen LogP contribution is 2.35. The van der Waals surface area contributed by atoms with Gasteiger partial charge < -0.3 is 19.8 Å². The molecule has 2 heterocycles. The van der Waals surface area contributed by atoms with Crippen molar-refractivity contribution in [3.05, 3.63) is 46.8 Å². The number of rotatable bonds is 3. The Bertz CT molecular complexity index is 1080. The van der Waals surface area contributed by atoms with E-state index < -0.39 is 23.6 Å². The van der Waals surface area contributed by atoms with Crippen LogP contribution < -0.4 is 0 Å². The van der Waals surface area contributed by atoms with E-state index >= 15 is 0 Å². The number of amides is 1. The monoisotopic (exact) mass is 409 g/mol. The van der Waals surface area contributed by atoms with Crippen LogP contribution >= 0.6 is 0 Å². The Morgan fingerprint density at radius 2 is 2.23 bits per heavy atom. The summed E-state index contributed by atoms with van der Waals surface area (Å²) in [4.78, 5) is 25.9. The van der Waals surface area contributed by atoms with Crippen LogP contribution in [0, 0.1) is 11.8 Å². The van der Waals surface area contributed by atoms with Crippen molar-refractivity contribution in [3.63, 3.8) is 0 Å². The molecule has 1 aromatic heterocycles. The van der Waals surface area contributed by atoms with Gasteiger partial charge >= 0.3 is 5.97 Å². The molecule has 2 aromatic rings. The number of esters is 1. The van der Waals surface area contributed by atoms with Gasteiger partial charge in [0.2, 0.25) is 5.60 Å². The Morgan fingerprint density at radius 1 is 1.43 bits per heavy atom. The number of carbonyl (C=O) groups is 2. The summed E-state index contributed by atoms with van der Waals surface area (Å²) in [6.45, 7) is 2.40. The molecule has 2 aliphatic rings. The summed E-state index contributed by atoms with van der Waals surface area (Å²) in [5, 5.41) is 25.2. The Hall–Kier alpha value is -3.15. The van der Waals surface area contributed by atoms with Crippen LogP contribution in [-0.4, -0.2) is 62.6 Å². The summed E-state index contributed by atoms with van der Waals surface area (Å²) in [5.74, 6) is 4.63. The highest BCUT2D eigenvalue weighted by Gasteiger charge is 2.42. The lowest BCUT2D eigenvalue weighted by Gasteiger charge is -2.13. The molecular weight excluding hydrogens is 386 g/mol. The van der Waals surface area contributed by atoms with Gasteiger partial charge in [-0.05, 0) is 38.0 Å². The number of benzene rings is 1. The zero-order valence-electron chi connectivity index (χ0n) is 16.9. The molecule has 1 saturated heterocycles. The van der Waals surface area contributed by atoms with Crippen LogP contribution in [0.3, 0.4) is 0 Å². The molecule has 1 amide bonds. The molecule has 156 valence electrons. The van der Waals surface area contributed by atoms with E-state index in [4.69, 9.17) is 4.74 Å². The van der Waals surface area contributed by atoms with E-state index in [0.717, 1.165) is 5.69 Å². The van der Waals surface area contributed by atoms with Gasteiger partial charge in [-0.1, -0.05) is 17.9 Å². The van der Waals surface area contributed by atoms with Crippen LogP contribution in [0.1, 0.15) is 53.2 Å². The summed E-state index contributed by atoms with van der Waals surface area (Å²) in [6.07, 6.45) is 0.611. The van der Waals surface area contributed by atoms with Crippen molar-refractivity contribution in [1.82, 2.24) is 14.7 Å². The summed E-state index contributed by atoms with van der Waals surface area (Å²) in [5.41, 5.74) is 1.01. The average Bonchev–Trinajstić information content (AvgIpc) is 3.38. The number of hydrogen-bond acceptors (Lipinski definition) is 6. The molecule has 4 rings (SSSR count). The number of likely N-dealkylation sites (N-methyl/N-ethyl adjacent to an activating group) is 1. The third-order valence-electron chi connectivity index (χ3n) is 5.49. The predicted molar refractivity (Wildman–Crippen MR) is 107 cm³/mol. The maximum absolute atomic E-state index is 12.3. The second-order valence-electron chi connectivity index (χ2n) is 7.53. The molecule has 1 fully saturated rings. The molecule has 8 nitrogen and oxygen atoms in total. The minimum atomic E-state index is -1.67. The molecule has 1 aliphatic heterocycles. The standard InChI is InChI=1S/C22H23N3O5/c1-3-30-20(27)19-18-16(7-8-17(18)26)25(23-19)15-6-4-5-14(13-15)9-10-22(29)11-12-24(2)21(22)28/h4-6,13,17,26,29H,3,7-8,11-12H2,1-2H3/t17?,22-/m0/s1. The third-order valence-corrected chi connectivity index (χ3v) is 5.49. The number of aliphatic hydroxyl groups excluding tert-OH is 1. The Kier molecular flexibility index (Phi) is 5.10. The van der Waals surface area contributed by atoms with Crippen molar-refractivity contribution in [2.45, 2.75) is 37.9 Å². The number of hydrogen-bond donors (Lipinski definition) is 2. The molecule has 0 radical (unpaired) electrons. The fourth-order valence-electron chi connectivity index (χ4n) is 3.90. The smallest absolute Gasteiger partial charge is 0.359 e. The van der Waals surface area contributed by atoms with Crippen LogP contribution in [0.25, 0.3) is 5.69 Å². The van der Waals surface area contributed by atoms with Gasteiger partial charge in [0.15, 0.2) is 5.69 Å². The molecule has 0 spiro atoms. The van der Waals surface area contributed by atoms with E-state index in [-0.39, 0.29) is 18.7 Å². The quantitative estimate of drug-likeness (QED) is 0.578. The summed E-state index contributed by atoms with van der Waals surface area (Å²) < 4.78 is 6.72. The molecule has 8 heteroatoms. The second kappa shape index (κ2) is 7.59. The lowest BCUT2D eigenvalue weighted by Crippen LogP contribution is -2.37. The third kappa shape index (κ3) is 3.36. The topological polar surface area (TPSA) is 105 Å². The summed E-state index contributed by atoms with van der Waals surface area (Å²) >= 11 is 0. The van der Waals surface area contributed by atoms with Gasteiger partial charge in [0, 0.05) is 31.1 Å². The van der Waals surface area contributed by atoms with Crippen LogP contribution in [0.4, 0.5) is 0 Å². The van der Waals surface area contributed by atoms with Crippen LogP contribution in [0.15, 0.2) is 24.3 Å². The maximum Gasteiger partial charge on any atom is 0.359 e. The first-order valence-corrected chi connectivity index (χ1v) is 9.92. The molecule has 2 N–H and O–H groups in total. The molecular formula is C22H23N3O5. The minimum absolute atomic E-state index is 0.127. The van der Waals surface area contributed by atoms with Crippen molar-refractivity contribution in [2.75, 3.05) is 20.2 Å². The SMILES string of the molecule is CCOC(=O)c1nn(-c2cccc(C#C[C@]3(O)CCN(C)C3=O)c2)c2c1C(O)CC2. The minimum Gasteiger partial charge on any atom is -0.461 e. The summed E-state index contributed by atoms with van der Waals surface area (Å²) in [7, 11) is 1.64. The predicted octanol–water partition coefficient (Wildman–Crippen LogP) is 0.973. The molecule has 0 bridgehead atoms. The molecule has 0 saturated carbocycles. The number of fused-ring (bicyclic) bond motifs is 1. The van der Waals surface area contributed by atoms with Gasteiger partial charge in [-0.25, -0.2) is 9.48 Å². The first-order chi connectivity index (χ1) is 14.3. The number of nitrogens with zero attached hydrogens (tertiary/aromatic N) is 3. The van der Waals surface area contributed by atoms with Crippen LogP contribution in [-0.2, 0) is 16.0 Å². The summed E-state index contributed by atoms with van der Waals surface area (Å²) in [6, 6.07) is 7.15. The first kappa shape index (κ1) is 20.1. The molecule has 1 aliphatic carbocycles. The van der Waals surface area contributed by atoms with Gasteiger partial charge in [-0.2, -0.15) is 5.10 Å². The molecule has 30 heavy (non-hydrogen) atoms.